The van der Waals surface area contributed by atoms with Crippen molar-refractivity contribution in [1.29, 1.82) is 0 Å². The number of aromatic nitrogens is 5. The number of carbonyl (C=O) groups is 1. The Bertz CT molecular complexity index is 993. The highest BCUT2D eigenvalue weighted by atomic mass is 32.2. The van der Waals surface area contributed by atoms with Gasteiger partial charge in [0.1, 0.15) is 12.0 Å². The summed E-state index contributed by atoms with van der Waals surface area (Å²) in [5.74, 6) is 0.101. The normalized spacial score (nSPS) is 11.5. The monoisotopic (exact) mass is 422 g/mol. The first kappa shape index (κ1) is 20.8. The molecule has 152 valence electrons. The van der Waals surface area contributed by atoms with Crippen LogP contribution in [0.5, 0.6) is 0 Å². The first-order valence-electron chi connectivity index (χ1n) is 8.51. The van der Waals surface area contributed by atoms with Crippen molar-refractivity contribution in [1.82, 2.24) is 24.7 Å². The minimum absolute atomic E-state index is 0.129. The van der Waals surface area contributed by atoms with Crippen molar-refractivity contribution in [3.05, 3.63) is 54.5 Å². The molecule has 0 saturated carbocycles. The molecule has 29 heavy (non-hydrogen) atoms. The summed E-state index contributed by atoms with van der Waals surface area (Å²) in [6, 6.07) is 4.51. The van der Waals surface area contributed by atoms with E-state index in [1.54, 1.807) is 43.3 Å². The standard InChI is InChI=1S/C18H17F3N6OS/c1-12-14(10-27(25-12)13-4-3-6-22-9-13)26(2)17(28)5-7-29-16-8-15(18(19,20)21)23-11-24-16/h3-4,6,8-11H,5,7H2,1-2H3. The van der Waals surface area contributed by atoms with Gasteiger partial charge in [0.25, 0.3) is 0 Å². The number of aryl methyl sites for hydroxylation is 1. The van der Waals surface area contributed by atoms with E-state index in [0.29, 0.717) is 11.4 Å². The zero-order chi connectivity index (χ0) is 21.0. The molecule has 0 saturated heterocycles. The minimum atomic E-state index is -4.53. The van der Waals surface area contributed by atoms with E-state index in [1.807, 2.05) is 6.07 Å². The van der Waals surface area contributed by atoms with Crippen molar-refractivity contribution in [3.8, 4) is 5.69 Å². The van der Waals surface area contributed by atoms with Gasteiger partial charge < -0.3 is 4.90 Å². The molecule has 3 aromatic heterocycles. The number of halogens is 3. The lowest BCUT2D eigenvalue weighted by Gasteiger charge is -2.16. The van der Waals surface area contributed by atoms with E-state index in [0.717, 1.165) is 29.8 Å². The van der Waals surface area contributed by atoms with Gasteiger partial charge in [-0.3, -0.25) is 9.78 Å². The predicted octanol–water partition coefficient (Wildman–Crippen LogP) is 3.53. The third-order valence-corrected chi connectivity index (χ3v) is 4.94. The topological polar surface area (TPSA) is 76.8 Å². The van der Waals surface area contributed by atoms with Crippen LogP contribution in [0.1, 0.15) is 17.8 Å². The number of carbonyl (C=O) groups excluding carboxylic acids is 1. The van der Waals surface area contributed by atoms with E-state index in [4.69, 9.17) is 0 Å². The fourth-order valence-electron chi connectivity index (χ4n) is 2.52. The summed E-state index contributed by atoms with van der Waals surface area (Å²) >= 11 is 1.07. The van der Waals surface area contributed by atoms with E-state index in [2.05, 4.69) is 20.1 Å². The summed E-state index contributed by atoms with van der Waals surface area (Å²) in [7, 11) is 1.64. The van der Waals surface area contributed by atoms with Crippen molar-refractivity contribution >= 4 is 23.4 Å². The first-order valence-corrected chi connectivity index (χ1v) is 9.49. The van der Waals surface area contributed by atoms with Gasteiger partial charge in [0.2, 0.25) is 5.91 Å². The number of hydrogen-bond donors (Lipinski definition) is 0. The van der Waals surface area contributed by atoms with Crippen LogP contribution in [0.3, 0.4) is 0 Å². The van der Waals surface area contributed by atoms with E-state index in [1.165, 1.54) is 4.90 Å². The quantitative estimate of drug-likeness (QED) is 0.447. The van der Waals surface area contributed by atoms with Crippen molar-refractivity contribution in [2.75, 3.05) is 17.7 Å². The molecule has 0 atom stereocenters. The average Bonchev–Trinajstić information content (AvgIpc) is 3.09. The number of pyridine rings is 1. The van der Waals surface area contributed by atoms with Crippen LogP contribution in [0.4, 0.5) is 18.9 Å². The van der Waals surface area contributed by atoms with Crippen molar-refractivity contribution < 1.29 is 18.0 Å². The fourth-order valence-corrected chi connectivity index (χ4v) is 3.32. The van der Waals surface area contributed by atoms with Gasteiger partial charge in [-0.2, -0.15) is 18.3 Å². The number of rotatable bonds is 6. The smallest absolute Gasteiger partial charge is 0.312 e. The Morgan fingerprint density at radius 1 is 1.31 bits per heavy atom. The van der Waals surface area contributed by atoms with E-state index < -0.39 is 11.9 Å². The Labute approximate surface area is 169 Å². The molecule has 0 aromatic carbocycles. The van der Waals surface area contributed by atoms with Crippen LogP contribution < -0.4 is 4.90 Å². The molecule has 3 rings (SSSR count). The van der Waals surface area contributed by atoms with Crippen LogP contribution in [0.15, 0.2) is 48.1 Å². The maximum atomic E-state index is 12.7. The van der Waals surface area contributed by atoms with E-state index in [9.17, 15) is 18.0 Å². The Balaban J connectivity index is 1.61. The Morgan fingerprint density at radius 3 is 2.79 bits per heavy atom. The van der Waals surface area contributed by atoms with Crippen LogP contribution in [0, 0.1) is 6.92 Å². The highest BCUT2D eigenvalue weighted by Crippen LogP contribution is 2.29. The molecule has 0 bridgehead atoms. The maximum absolute atomic E-state index is 12.7. The Morgan fingerprint density at radius 2 is 2.10 bits per heavy atom. The summed E-state index contributed by atoms with van der Waals surface area (Å²) in [6.07, 6.45) is 1.52. The fraction of sp³-hybridized carbons (Fsp3) is 0.278. The van der Waals surface area contributed by atoms with Crippen molar-refractivity contribution in [2.45, 2.75) is 24.5 Å². The van der Waals surface area contributed by atoms with Gasteiger partial charge in [0.15, 0.2) is 0 Å². The summed E-state index contributed by atoms with van der Waals surface area (Å²) in [4.78, 5) is 25.1. The Hall–Kier alpha value is -2.95. The second-order valence-corrected chi connectivity index (χ2v) is 7.16. The SMILES string of the molecule is Cc1nn(-c2cccnc2)cc1N(C)C(=O)CCSc1cc(C(F)(F)F)ncn1. The molecule has 3 aromatic rings. The maximum Gasteiger partial charge on any atom is 0.433 e. The molecule has 3 heterocycles. The van der Waals surface area contributed by atoms with Crippen molar-refractivity contribution in [3.63, 3.8) is 0 Å². The zero-order valence-electron chi connectivity index (χ0n) is 15.6. The summed E-state index contributed by atoms with van der Waals surface area (Å²) in [6.45, 7) is 1.79. The van der Waals surface area contributed by atoms with Gasteiger partial charge in [0, 0.05) is 31.5 Å². The molecule has 1 amide bonds. The number of alkyl halides is 3. The molecule has 0 aliphatic rings. The molecule has 0 aliphatic heterocycles. The zero-order valence-corrected chi connectivity index (χ0v) is 16.4. The van der Waals surface area contributed by atoms with Gasteiger partial charge >= 0.3 is 6.18 Å². The molecule has 11 heteroatoms. The number of amides is 1. The van der Waals surface area contributed by atoms with Gasteiger partial charge in [0.05, 0.1) is 34.5 Å². The molecule has 0 unspecified atom stereocenters. The van der Waals surface area contributed by atoms with Crippen LogP contribution in [-0.2, 0) is 11.0 Å². The highest BCUT2D eigenvalue weighted by Gasteiger charge is 2.32. The van der Waals surface area contributed by atoms with Gasteiger partial charge in [-0.05, 0) is 19.1 Å². The molecule has 0 aliphatic carbocycles. The number of thioether (sulfide) groups is 1. The average molecular weight is 422 g/mol. The number of nitrogens with zero attached hydrogens (tertiary/aromatic N) is 6. The predicted molar refractivity (Wildman–Crippen MR) is 102 cm³/mol. The Kier molecular flexibility index (Phi) is 6.16. The first-order chi connectivity index (χ1) is 13.8. The van der Waals surface area contributed by atoms with Crippen LogP contribution in [0.2, 0.25) is 0 Å². The summed E-state index contributed by atoms with van der Waals surface area (Å²) in [5, 5.41) is 4.57. The van der Waals surface area contributed by atoms with Gasteiger partial charge in [-0.1, -0.05) is 0 Å². The molecular weight excluding hydrogens is 405 g/mol. The molecule has 0 radical (unpaired) electrons. The lowest BCUT2D eigenvalue weighted by molar-refractivity contribution is -0.141. The minimum Gasteiger partial charge on any atom is -0.312 e. The highest BCUT2D eigenvalue weighted by molar-refractivity contribution is 7.99. The van der Waals surface area contributed by atoms with Gasteiger partial charge in [-0.15, -0.1) is 11.8 Å². The van der Waals surface area contributed by atoms with Gasteiger partial charge in [-0.25, -0.2) is 14.6 Å². The largest absolute Gasteiger partial charge is 0.433 e. The molecule has 7 nitrogen and oxygen atoms in total. The molecular formula is C18H17F3N6OS. The summed E-state index contributed by atoms with van der Waals surface area (Å²) in [5.41, 5.74) is 1.08. The third-order valence-electron chi connectivity index (χ3n) is 4.02. The molecule has 0 N–H and O–H groups in total. The number of anilines is 1. The molecule has 0 spiro atoms. The molecule has 0 fully saturated rings. The van der Waals surface area contributed by atoms with Crippen LogP contribution in [0.25, 0.3) is 5.69 Å². The lowest BCUT2D eigenvalue weighted by atomic mass is 10.3. The third kappa shape index (κ3) is 5.11. The van der Waals surface area contributed by atoms with Crippen molar-refractivity contribution in [2.24, 2.45) is 0 Å². The van der Waals surface area contributed by atoms with E-state index in [-0.39, 0.29) is 23.1 Å². The van der Waals surface area contributed by atoms with E-state index >= 15 is 0 Å². The summed E-state index contributed by atoms with van der Waals surface area (Å²) < 4.78 is 39.7. The van der Waals surface area contributed by atoms with Crippen LogP contribution >= 0.6 is 11.8 Å². The second kappa shape index (κ2) is 8.60. The number of hydrogen-bond acceptors (Lipinski definition) is 6. The second-order valence-electron chi connectivity index (χ2n) is 6.05. The lowest BCUT2D eigenvalue weighted by Crippen LogP contribution is -2.26. The van der Waals surface area contributed by atoms with Crippen LogP contribution in [-0.4, -0.2) is 43.4 Å².